The summed E-state index contributed by atoms with van der Waals surface area (Å²) >= 11 is 4.59. The molecule has 3 rings (SSSR count). The Morgan fingerprint density at radius 1 is 1.15 bits per heavy atom. The Bertz CT molecular complexity index is 896. The quantitative estimate of drug-likeness (QED) is 0.548. The summed E-state index contributed by atoms with van der Waals surface area (Å²) in [5.41, 5.74) is 7.45. The first kappa shape index (κ1) is 18.5. The van der Waals surface area contributed by atoms with Gasteiger partial charge in [-0.05, 0) is 54.6 Å². The SMILES string of the molecule is Cc1ccccc1OCCOc1ccc(Br)cc1/C=C1\SC(N)=NC1=O. The van der Waals surface area contributed by atoms with Gasteiger partial charge in [0.2, 0.25) is 0 Å². The zero-order valence-electron chi connectivity index (χ0n) is 14.1. The highest BCUT2D eigenvalue weighted by Gasteiger charge is 2.20. The van der Waals surface area contributed by atoms with Crippen LogP contribution in [0, 0.1) is 6.92 Å². The summed E-state index contributed by atoms with van der Waals surface area (Å²) in [6, 6.07) is 13.4. The molecule has 0 spiro atoms. The number of para-hydroxylation sites is 1. The van der Waals surface area contributed by atoms with Crippen molar-refractivity contribution in [2.75, 3.05) is 13.2 Å². The maximum absolute atomic E-state index is 11.8. The lowest BCUT2D eigenvalue weighted by Gasteiger charge is -2.12. The minimum absolute atomic E-state index is 0.255. The van der Waals surface area contributed by atoms with Gasteiger partial charge in [-0.1, -0.05) is 34.1 Å². The highest BCUT2D eigenvalue weighted by atomic mass is 79.9. The van der Waals surface area contributed by atoms with Crippen LogP contribution in [0.4, 0.5) is 0 Å². The number of amidine groups is 1. The van der Waals surface area contributed by atoms with E-state index in [1.54, 1.807) is 6.08 Å². The Morgan fingerprint density at radius 2 is 1.88 bits per heavy atom. The van der Waals surface area contributed by atoms with Crippen LogP contribution in [0.25, 0.3) is 6.08 Å². The molecule has 0 bridgehead atoms. The summed E-state index contributed by atoms with van der Waals surface area (Å²) < 4.78 is 12.5. The third kappa shape index (κ3) is 4.68. The molecule has 7 heteroatoms. The van der Waals surface area contributed by atoms with Crippen LogP contribution in [-0.4, -0.2) is 24.3 Å². The molecule has 0 unspecified atom stereocenters. The molecule has 134 valence electrons. The zero-order chi connectivity index (χ0) is 18.5. The molecule has 2 aromatic rings. The van der Waals surface area contributed by atoms with E-state index in [0.717, 1.165) is 33.1 Å². The summed E-state index contributed by atoms with van der Waals surface area (Å²) in [5.74, 6) is 1.17. The van der Waals surface area contributed by atoms with E-state index in [2.05, 4.69) is 20.9 Å². The van der Waals surface area contributed by atoms with Gasteiger partial charge >= 0.3 is 0 Å². The lowest BCUT2D eigenvalue weighted by Crippen LogP contribution is -2.10. The number of benzene rings is 2. The lowest BCUT2D eigenvalue weighted by atomic mass is 10.2. The molecular weight excluding hydrogens is 416 g/mol. The van der Waals surface area contributed by atoms with E-state index in [4.69, 9.17) is 15.2 Å². The summed E-state index contributed by atoms with van der Waals surface area (Å²) in [7, 11) is 0. The van der Waals surface area contributed by atoms with Gasteiger partial charge in [0, 0.05) is 10.0 Å². The van der Waals surface area contributed by atoms with Crippen molar-refractivity contribution in [2.24, 2.45) is 10.7 Å². The number of ether oxygens (including phenoxy) is 2. The third-order valence-electron chi connectivity index (χ3n) is 3.59. The van der Waals surface area contributed by atoms with Crippen LogP contribution in [0.3, 0.4) is 0 Å². The van der Waals surface area contributed by atoms with Crippen LogP contribution in [0.2, 0.25) is 0 Å². The van der Waals surface area contributed by atoms with Gasteiger partial charge < -0.3 is 15.2 Å². The summed E-state index contributed by atoms with van der Waals surface area (Å²) in [4.78, 5) is 16.0. The molecule has 1 amide bonds. The van der Waals surface area contributed by atoms with Crippen molar-refractivity contribution >= 4 is 44.8 Å². The molecule has 0 saturated carbocycles. The number of nitrogens with two attached hydrogens (primary N) is 1. The number of nitrogens with zero attached hydrogens (tertiary/aromatic N) is 1. The lowest BCUT2D eigenvalue weighted by molar-refractivity contribution is -0.113. The Balaban J connectivity index is 1.66. The highest BCUT2D eigenvalue weighted by Crippen LogP contribution is 2.31. The summed E-state index contributed by atoms with van der Waals surface area (Å²) in [6.07, 6.45) is 1.73. The van der Waals surface area contributed by atoms with Crippen molar-refractivity contribution in [3.8, 4) is 11.5 Å². The molecule has 5 nitrogen and oxygen atoms in total. The average molecular weight is 433 g/mol. The number of amides is 1. The van der Waals surface area contributed by atoms with E-state index in [-0.39, 0.29) is 11.1 Å². The number of carbonyl (C=O) groups excluding carboxylic acids is 1. The second kappa shape index (κ2) is 8.42. The molecule has 0 aliphatic carbocycles. The van der Waals surface area contributed by atoms with E-state index in [1.165, 1.54) is 0 Å². The Morgan fingerprint density at radius 3 is 2.58 bits per heavy atom. The topological polar surface area (TPSA) is 73.9 Å². The molecule has 0 saturated heterocycles. The van der Waals surface area contributed by atoms with Gasteiger partial charge in [-0.15, -0.1) is 0 Å². The molecular formula is C19H17BrN2O3S. The van der Waals surface area contributed by atoms with Crippen LogP contribution >= 0.6 is 27.7 Å². The van der Waals surface area contributed by atoms with Gasteiger partial charge in [0.05, 0.1) is 4.91 Å². The number of hydrogen-bond acceptors (Lipinski definition) is 5. The number of aliphatic imine (C=N–C) groups is 1. The van der Waals surface area contributed by atoms with Crippen molar-refractivity contribution in [2.45, 2.75) is 6.92 Å². The van der Waals surface area contributed by atoms with E-state index in [1.807, 2.05) is 49.4 Å². The number of carbonyl (C=O) groups is 1. The fourth-order valence-electron chi connectivity index (χ4n) is 2.35. The average Bonchev–Trinajstić information content (AvgIpc) is 2.92. The normalized spacial score (nSPS) is 15.2. The van der Waals surface area contributed by atoms with Crippen LogP contribution < -0.4 is 15.2 Å². The van der Waals surface area contributed by atoms with Gasteiger partial charge in [0.1, 0.15) is 24.7 Å². The van der Waals surface area contributed by atoms with Crippen molar-refractivity contribution in [3.05, 3.63) is 63.0 Å². The van der Waals surface area contributed by atoms with Gasteiger partial charge in [0.25, 0.3) is 5.91 Å². The van der Waals surface area contributed by atoms with Gasteiger partial charge in [-0.25, -0.2) is 0 Å². The maximum Gasteiger partial charge on any atom is 0.286 e. The molecule has 0 radical (unpaired) electrons. The smallest absolute Gasteiger partial charge is 0.286 e. The van der Waals surface area contributed by atoms with Crippen molar-refractivity contribution in [1.29, 1.82) is 0 Å². The van der Waals surface area contributed by atoms with E-state index >= 15 is 0 Å². The van der Waals surface area contributed by atoms with Crippen molar-refractivity contribution in [3.63, 3.8) is 0 Å². The first-order valence-corrected chi connectivity index (χ1v) is 9.53. The van der Waals surface area contributed by atoms with E-state index in [9.17, 15) is 4.79 Å². The highest BCUT2D eigenvalue weighted by molar-refractivity contribution is 9.10. The zero-order valence-corrected chi connectivity index (χ0v) is 16.5. The Labute approximate surface area is 164 Å². The minimum atomic E-state index is -0.332. The predicted octanol–water partition coefficient (Wildman–Crippen LogP) is 4.14. The predicted molar refractivity (Wildman–Crippen MR) is 109 cm³/mol. The molecule has 0 atom stereocenters. The molecule has 1 heterocycles. The van der Waals surface area contributed by atoms with E-state index in [0.29, 0.717) is 23.9 Å². The summed E-state index contributed by atoms with van der Waals surface area (Å²) in [6.45, 7) is 2.80. The molecule has 2 N–H and O–H groups in total. The fraction of sp³-hybridized carbons (Fsp3) is 0.158. The largest absolute Gasteiger partial charge is 0.490 e. The van der Waals surface area contributed by atoms with Crippen LogP contribution in [0.1, 0.15) is 11.1 Å². The number of hydrogen-bond donors (Lipinski definition) is 1. The first-order valence-electron chi connectivity index (χ1n) is 7.92. The molecule has 2 aromatic carbocycles. The van der Waals surface area contributed by atoms with E-state index < -0.39 is 0 Å². The van der Waals surface area contributed by atoms with Gasteiger partial charge in [-0.2, -0.15) is 4.99 Å². The summed E-state index contributed by atoms with van der Waals surface area (Å²) in [5, 5.41) is 0.255. The second-order valence-electron chi connectivity index (χ2n) is 5.51. The number of rotatable bonds is 6. The number of halogens is 1. The molecule has 26 heavy (non-hydrogen) atoms. The van der Waals surface area contributed by atoms with Crippen LogP contribution in [0.5, 0.6) is 11.5 Å². The Kier molecular flexibility index (Phi) is 6.00. The third-order valence-corrected chi connectivity index (χ3v) is 4.89. The monoisotopic (exact) mass is 432 g/mol. The van der Waals surface area contributed by atoms with Crippen LogP contribution in [-0.2, 0) is 4.79 Å². The molecule has 0 aromatic heterocycles. The first-order chi connectivity index (χ1) is 12.5. The fourth-order valence-corrected chi connectivity index (χ4v) is 3.40. The van der Waals surface area contributed by atoms with Crippen molar-refractivity contribution < 1.29 is 14.3 Å². The van der Waals surface area contributed by atoms with Gasteiger partial charge in [-0.3, -0.25) is 4.79 Å². The molecule has 0 fully saturated rings. The number of aryl methyl sites for hydroxylation is 1. The standard InChI is InChI=1S/C19H17BrN2O3S/c1-12-4-2-3-5-15(12)24-8-9-25-16-7-6-14(20)10-13(16)11-17-18(23)22-19(21)26-17/h2-7,10-11H,8-9H2,1H3,(H2,21,22,23)/b17-11-. The second-order valence-corrected chi connectivity index (χ2v) is 7.49. The minimum Gasteiger partial charge on any atom is -0.490 e. The number of thioether (sulfide) groups is 1. The van der Waals surface area contributed by atoms with Crippen LogP contribution in [0.15, 0.2) is 56.8 Å². The van der Waals surface area contributed by atoms with Gasteiger partial charge in [0.15, 0.2) is 5.17 Å². The molecule has 1 aliphatic heterocycles. The van der Waals surface area contributed by atoms with Crippen molar-refractivity contribution in [1.82, 2.24) is 0 Å². The maximum atomic E-state index is 11.8. The Hall–Kier alpha value is -2.25. The molecule has 1 aliphatic rings.